The molecular weight excluding hydrogens is 518 g/mol. The van der Waals surface area contributed by atoms with Crippen molar-refractivity contribution in [1.29, 1.82) is 0 Å². The summed E-state index contributed by atoms with van der Waals surface area (Å²) >= 11 is 13.1. The summed E-state index contributed by atoms with van der Waals surface area (Å²) in [6.45, 7) is 2.46. The van der Waals surface area contributed by atoms with Crippen molar-refractivity contribution in [3.8, 4) is 0 Å². The first-order valence-electron chi connectivity index (χ1n) is 11.4. The zero-order valence-corrected chi connectivity index (χ0v) is 21.1. The van der Waals surface area contributed by atoms with Crippen LogP contribution in [0.2, 0.25) is 10.0 Å². The van der Waals surface area contributed by atoms with Gasteiger partial charge in [-0.05, 0) is 61.1 Å². The maximum Gasteiger partial charge on any atom is 0.433 e. The predicted octanol–water partition coefficient (Wildman–Crippen LogP) is 6.13. The van der Waals surface area contributed by atoms with Crippen LogP contribution >= 0.6 is 23.2 Å². The molecule has 0 spiro atoms. The molecule has 1 saturated heterocycles. The second-order valence-corrected chi connectivity index (χ2v) is 9.94. The number of carbonyl (C=O) groups excluding carboxylic acids is 1. The molecule has 0 radical (unpaired) electrons. The van der Waals surface area contributed by atoms with Gasteiger partial charge in [-0.25, -0.2) is 4.98 Å². The number of carboxylic acid groups (broad SMARTS) is 1. The maximum atomic E-state index is 13.3. The Morgan fingerprint density at radius 1 is 1.17 bits per heavy atom. The Morgan fingerprint density at radius 3 is 2.44 bits per heavy atom. The number of aryl methyl sites for hydroxylation is 2. The van der Waals surface area contributed by atoms with E-state index >= 15 is 0 Å². The summed E-state index contributed by atoms with van der Waals surface area (Å²) in [7, 11) is 1.63. The molecule has 192 valence electrons. The number of benzene rings is 1. The molecule has 1 N–H and O–H groups in total. The number of carbonyl (C=O) groups is 2. The first kappa shape index (κ1) is 26.3. The smallest absolute Gasteiger partial charge is 0.433 e. The van der Waals surface area contributed by atoms with E-state index in [1.807, 2.05) is 0 Å². The quantitative estimate of drug-likeness (QED) is 0.421. The number of carboxylic acids is 1. The Kier molecular flexibility index (Phi) is 7.26. The van der Waals surface area contributed by atoms with Crippen LogP contribution in [-0.4, -0.2) is 44.5 Å². The van der Waals surface area contributed by atoms with Crippen molar-refractivity contribution in [2.24, 2.45) is 13.0 Å². The summed E-state index contributed by atoms with van der Waals surface area (Å²) in [6, 6.07) is 5.92. The van der Waals surface area contributed by atoms with Gasteiger partial charge in [0, 0.05) is 49.1 Å². The van der Waals surface area contributed by atoms with Crippen LogP contribution in [0.15, 0.2) is 24.3 Å². The molecule has 0 bridgehead atoms. The minimum Gasteiger partial charge on any atom is -0.481 e. The van der Waals surface area contributed by atoms with Gasteiger partial charge in [0.25, 0.3) is 5.91 Å². The first-order chi connectivity index (χ1) is 16.9. The van der Waals surface area contributed by atoms with Gasteiger partial charge in [-0.15, -0.1) is 0 Å². The summed E-state index contributed by atoms with van der Waals surface area (Å²) in [5.74, 6) is -1.08. The standard InChI is InChI=1S/C25H24Cl2F3N3O3/c1-13-9-20(25(28,29)30)31-23-17(13)11-15(32(23)2)12-18-19(26)4-3-16(22(18)27)24(36)33-7-5-14(6-8-33)10-21(34)35/h3-4,9,11,14H,5-8,10,12H2,1-2H3,(H,34,35). The van der Waals surface area contributed by atoms with Crippen molar-refractivity contribution in [3.63, 3.8) is 0 Å². The molecule has 1 aliphatic heterocycles. The maximum absolute atomic E-state index is 13.3. The Balaban J connectivity index is 1.62. The monoisotopic (exact) mass is 541 g/mol. The largest absolute Gasteiger partial charge is 0.481 e. The lowest BCUT2D eigenvalue weighted by molar-refractivity contribution is -0.141. The van der Waals surface area contributed by atoms with Gasteiger partial charge < -0.3 is 14.6 Å². The molecule has 0 atom stereocenters. The molecule has 0 unspecified atom stereocenters. The van der Waals surface area contributed by atoms with E-state index < -0.39 is 17.8 Å². The highest BCUT2D eigenvalue weighted by Gasteiger charge is 2.34. The third kappa shape index (κ3) is 5.18. The van der Waals surface area contributed by atoms with E-state index in [9.17, 15) is 22.8 Å². The molecule has 36 heavy (non-hydrogen) atoms. The molecule has 6 nitrogen and oxygen atoms in total. The molecule has 4 rings (SSSR count). The molecule has 3 aromatic rings. The van der Waals surface area contributed by atoms with E-state index in [0.29, 0.717) is 53.2 Å². The molecule has 3 heterocycles. The van der Waals surface area contributed by atoms with Crippen molar-refractivity contribution < 1.29 is 27.9 Å². The van der Waals surface area contributed by atoms with Crippen molar-refractivity contribution in [2.75, 3.05) is 13.1 Å². The minimum absolute atomic E-state index is 0.0317. The summed E-state index contributed by atoms with van der Waals surface area (Å²) in [4.78, 5) is 29.6. The first-order valence-corrected chi connectivity index (χ1v) is 12.1. The normalized spacial score (nSPS) is 15.0. The summed E-state index contributed by atoms with van der Waals surface area (Å²) in [6.07, 6.45) is -3.10. The van der Waals surface area contributed by atoms with Crippen LogP contribution in [0.25, 0.3) is 11.0 Å². The highest BCUT2D eigenvalue weighted by Crippen LogP contribution is 2.35. The van der Waals surface area contributed by atoms with E-state index in [-0.39, 0.29) is 40.9 Å². The third-order valence-electron chi connectivity index (χ3n) is 6.73. The second kappa shape index (κ2) is 9.94. The van der Waals surface area contributed by atoms with Gasteiger partial charge in [0.05, 0.1) is 10.6 Å². The van der Waals surface area contributed by atoms with E-state index in [1.54, 1.807) is 41.6 Å². The predicted molar refractivity (Wildman–Crippen MR) is 131 cm³/mol. The summed E-state index contributed by atoms with van der Waals surface area (Å²) < 4.78 is 41.4. The zero-order valence-electron chi connectivity index (χ0n) is 19.6. The topological polar surface area (TPSA) is 75.4 Å². The number of fused-ring (bicyclic) bond motifs is 1. The van der Waals surface area contributed by atoms with E-state index in [2.05, 4.69) is 4.98 Å². The molecular formula is C25H24Cl2F3N3O3. The van der Waals surface area contributed by atoms with Gasteiger partial charge in [0.15, 0.2) is 0 Å². The molecule has 0 aliphatic carbocycles. The summed E-state index contributed by atoms with van der Waals surface area (Å²) in [5, 5.41) is 10.1. The number of rotatable bonds is 5. The Labute approximate surface area is 215 Å². The number of halogens is 5. The number of alkyl halides is 3. The highest BCUT2D eigenvalue weighted by atomic mass is 35.5. The van der Waals surface area contributed by atoms with Gasteiger partial charge in [0.1, 0.15) is 11.3 Å². The fourth-order valence-corrected chi connectivity index (χ4v) is 5.26. The van der Waals surface area contributed by atoms with Crippen LogP contribution in [0, 0.1) is 12.8 Å². The lowest BCUT2D eigenvalue weighted by atomic mass is 9.93. The molecule has 1 aromatic carbocycles. The minimum atomic E-state index is -4.56. The van der Waals surface area contributed by atoms with Crippen molar-refractivity contribution in [3.05, 3.63) is 62.4 Å². The highest BCUT2D eigenvalue weighted by molar-refractivity contribution is 6.38. The zero-order chi connectivity index (χ0) is 26.4. The van der Waals surface area contributed by atoms with E-state index in [1.165, 1.54) is 0 Å². The fraction of sp³-hybridized carbons (Fsp3) is 0.400. The number of pyridine rings is 1. The van der Waals surface area contributed by atoms with Crippen LogP contribution in [0.1, 0.15) is 52.1 Å². The average molecular weight is 542 g/mol. The Hall–Kier alpha value is -2.78. The van der Waals surface area contributed by atoms with E-state index in [0.717, 1.165) is 6.07 Å². The van der Waals surface area contributed by atoms with Gasteiger partial charge >= 0.3 is 12.1 Å². The van der Waals surface area contributed by atoms with Gasteiger partial charge in [-0.2, -0.15) is 13.2 Å². The van der Waals surface area contributed by atoms with Crippen molar-refractivity contribution in [2.45, 2.75) is 38.8 Å². The van der Waals surface area contributed by atoms with Crippen molar-refractivity contribution >= 4 is 46.1 Å². The molecule has 1 aliphatic rings. The number of nitrogens with zero attached hydrogens (tertiary/aromatic N) is 3. The van der Waals surface area contributed by atoms with E-state index in [4.69, 9.17) is 28.3 Å². The molecule has 1 fully saturated rings. The molecule has 1 amide bonds. The SMILES string of the molecule is Cc1cc(C(F)(F)F)nc2c1cc(Cc1c(Cl)ccc(C(=O)N3CCC(CC(=O)O)CC3)c1Cl)n2C. The van der Waals surface area contributed by atoms with Crippen LogP contribution in [0.3, 0.4) is 0 Å². The van der Waals surface area contributed by atoms with Crippen molar-refractivity contribution in [1.82, 2.24) is 14.5 Å². The number of aliphatic carboxylic acids is 1. The third-order valence-corrected chi connectivity index (χ3v) is 7.52. The lowest BCUT2D eigenvalue weighted by Crippen LogP contribution is -2.39. The fourth-order valence-electron chi connectivity index (χ4n) is 4.68. The molecule has 11 heteroatoms. The number of hydrogen-bond acceptors (Lipinski definition) is 3. The Morgan fingerprint density at radius 2 is 1.83 bits per heavy atom. The lowest BCUT2D eigenvalue weighted by Gasteiger charge is -2.31. The molecule has 2 aromatic heterocycles. The van der Waals surface area contributed by atoms with Gasteiger partial charge in [-0.1, -0.05) is 23.2 Å². The average Bonchev–Trinajstić information content (AvgIpc) is 3.12. The Bertz CT molecular complexity index is 1350. The summed E-state index contributed by atoms with van der Waals surface area (Å²) in [5.41, 5.74) is 1.09. The number of amides is 1. The van der Waals surface area contributed by atoms with Crippen LogP contribution < -0.4 is 0 Å². The number of piperidine rings is 1. The number of hydrogen-bond donors (Lipinski definition) is 1. The number of likely N-dealkylation sites (tertiary alicyclic amines) is 1. The van der Waals surface area contributed by atoms with Crippen LogP contribution in [0.5, 0.6) is 0 Å². The molecule has 0 saturated carbocycles. The van der Waals surface area contributed by atoms with Gasteiger partial charge in [-0.3, -0.25) is 9.59 Å². The second-order valence-electron chi connectivity index (χ2n) is 9.15. The van der Waals surface area contributed by atoms with Crippen LogP contribution in [0.4, 0.5) is 13.2 Å². The van der Waals surface area contributed by atoms with Crippen LogP contribution in [-0.2, 0) is 24.4 Å². The van der Waals surface area contributed by atoms with Gasteiger partial charge in [0.2, 0.25) is 0 Å². The number of aromatic nitrogens is 2.